The van der Waals surface area contributed by atoms with Crippen molar-refractivity contribution in [2.24, 2.45) is 0 Å². The van der Waals surface area contributed by atoms with Crippen LogP contribution in [0.4, 0.5) is 11.4 Å². The van der Waals surface area contributed by atoms with Crippen LogP contribution in [0.5, 0.6) is 0 Å². The first-order chi connectivity index (χ1) is 8.52. The Bertz CT molecular complexity index is 471. The van der Waals surface area contributed by atoms with Gasteiger partial charge in [0.15, 0.2) is 6.10 Å². The number of anilines is 2. The number of aryl methyl sites for hydroxylation is 2. The van der Waals surface area contributed by atoms with E-state index in [2.05, 4.69) is 10.6 Å². The van der Waals surface area contributed by atoms with Gasteiger partial charge >= 0.3 is 0 Å². The van der Waals surface area contributed by atoms with Gasteiger partial charge in [0.05, 0.1) is 17.4 Å². The number of aliphatic hydroxyl groups is 1. The molecule has 0 aromatic heterocycles. The van der Waals surface area contributed by atoms with Gasteiger partial charge in [-0.25, -0.2) is 0 Å². The molecule has 98 valence electrons. The van der Waals surface area contributed by atoms with E-state index in [1.165, 1.54) is 5.56 Å². The molecule has 18 heavy (non-hydrogen) atoms. The van der Waals surface area contributed by atoms with Crippen molar-refractivity contribution in [3.05, 3.63) is 23.3 Å². The molecular formula is C14H20N2O2. The lowest BCUT2D eigenvalue weighted by Gasteiger charge is -2.20. The number of carbonyl (C=O) groups excluding carboxylic acids is 1. The molecule has 1 heterocycles. The molecule has 1 aromatic carbocycles. The molecule has 1 aliphatic heterocycles. The van der Waals surface area contributed by atoms with E-state index in [0.29, 0.717) is 0 Å². The van der Waals surface area contributed by atoms with Gasteiger partial charge in [0.2, 0.25) is 0 Å². The highest BCUT2D eigenvalue weighted by Gasteiger charge is 2.29. The molecule has 0 spiro atoms. The molecule has 1 aromatic rings. The van der Waals surface area contributed by atoms with Gasteiger partial charge in [-0.1, -0.05) is 13.3 Å². The zero-order chi connectivity index (χ0) is 13.3. The highest BCUT2D eigenvalue weighted by atomic mass is 16.3. The zero-order valence-corrected chi connectivity index (χ0v) is 11.1. The third-order valence-electron chi connectivity index (χ3n) is 3.48. The molecule has 1 amide bonds. The van der Waals surface area contributed by atoms with Crippen molar-refractivity contribution in [2.75, 3.05) is 10.6 Å². The number of benzene rings is 1. The summed E-state index contributed by atoms with van der Waals surface area (Å²) in [6.45, 7) is 6.08. The van der Waals surface area contributed by atoms with Gasteiger partial charge in [-0.15, -0.1) is 0 Å². The molecule has 2 atom stereocenters. The second-order valence-electron chi connectivity index (χ2n) is 4.96. The summed E-state index contributed by atoms with van der Waals surface area (Å²) >= 11 is 0. The minimum Gasteiger partial charge on any atom is -0.381 e. The zero-order valence-electron chi connectivity index (χ0n) is 11.1. The van der Waals surface area contributed by atoms with Crippen molar-refractivity contribution < 1.29 is 9.90 Å². The fourth-order valence-corrected chi connectivity index (χ4v) is 2.25. The number of hydrogen-bond donors (Lipinski definition) is 3. The number of carbonyl (C=O) groups is 1. The first-order valence-corrected chi connectivity index (χ1v) is 6.39. The van der Waals surface area contributed by atoms with Crippen LogP contribution in [0, 0.1) is 13.8 Å². The van der Waals surface area contributed by atoms with E-state index in [9.17, 15) is 9.90 Å². The van der Waals surface area contributed by atoms with Gasteiger partial charge in [-0.2, -0.15) is 0 Å². The van der Waals surface area contributed by atoms with Crippen LogP contribution in [0.15, 0.2) is 12.1 Å². The molecule has 0 fully saturated rings. The Balaban J connectivity index is 2.39. The molecule has 0 bridgehead atoms. The van der Waals surface area contributed by atoms with Gasteiger partial charge in [-0.05, 0) is 43.5 Å². The Morgan fingerprint density at radius 2 is 1.83 bits per heavy atom. The van der Waals surface area contributed by atoms with Crippen LogP contribution < -0.4 is 10.6 Å². The quantitative estimate of drug-likeness (QED) is 0.752. The van der Waals surface area contributed by atoms with Gasteiger partial charge in [-0.3, -0.25) is 4.79 Å². The summed E-state index contributed by atoms with van der Waals surface area (Å²) < 4.78 is 0. The third-order valence-corrected chi connectivity index (χ3v) is 3.48. The van der Waals surface area contributed by atoms with Crippen LogP contribution in [0.25, 0.3) is 0 Å². The van der Waals surface area contributed by atoms with Crippen molar-refractivity contribution in [3.8, 4) is 0 Å². The first kappa shape index (κ1) is 12.9. The smallest absolute Gasteiger partial charge is 0.255 e. The number of aliphatic hydroxyl groups excluding tert-OH is 1. The number of rotatable bonds is 2. The van der Waals surface area contributed by atoms with Crippen LogP contribution in [0.3, 0.4) is 0 Å². The molecule has 0 radical (unpaired) electrons. The van der Waals surface area contributed by atoms with Gasteiger partial charge < -0.3 is 15.7 Å². The van der Waals surface area contributed by atoms with Crippen molar-refractivity contribution in [2.45, 2.75) is 45.8 Å². The maximum atomic E-state index is 11.9. The van der Waals surface area contributed by atoms with Crippen molar-refractivity contribution in [3.63, 3.8) is 0 Å². The van der Waals surface area contributed by atoms with Crippen LogP contribution in [-0.2, 0) is 4.79 Å². The largest absolute Gasteiger partial charge is 0.381 e. The van der Waals surface area contributed by atoms with Crippen LogP contribution in [0.1, 0.15) is 30.9 Å². The summed E-state index contributed by atoms with van der Waals surface area (Å²) in [6, 6.07) is 3.74. The predicted molar refractivity (Wildman–Crippen MR) is 72.9 cm³/mol. The van der Waals surface area contributed by atoms with Crippen molar-refractivity contribution >= 4 is 17.3 Å². The van der Waals surface area contributed by atoms with E-state index in [4.69, 9.17) is 0 Å². The van der Waals surface area contributed by atoms with E-state index in [1.807, 2.05) is 32.9 Å². The molecule has 1 aliphatic rings. The van der Waals surface area contributed by atoms with E-state index < -0.39 is 6.10 Å². The van der Waals surface area contributed by atoms with Crippen LogP contribution >= 0.6 is 0 Å². The lowest BCUT2D eigenvalue weighted by atomic mass is 10.0. The average Bonchev–Trinajstić information content (AvgIpc) is 2.42. The van der Waals surface area contributed by atoms with Gasteiger partial charge in [0.1, 0.15) is 0 Å². The third kappa shape index (κ3) is 2.34. The SMILES string of the molecule is CCCC1Nc2cc(C)c(C)cc2NC(=O)C1O. The number of nitrogens with one attached hydrogen (secondary N) is 2. The summed E-state index contributed by atoms with van der Waals surface area (Å²) in [6.07, 6.45) is 0.682. The van der Waals surface area contributed by atoms with E-state index in [0.717, 1.165) is 29.8 Å². The highest BCUT2D eigenvalue weighted by molar-refractivity contribution is 5.99. The molecule has 4 nitrogen and oxygen atoms in total. The monoisotopic (exact) mass is 248 g/mol. The Kier molecular flexibility index (Phi) is 3.57. The Labute approximate surface area is 107 Å². The fraction of sp³-hybridized carbons (Fsp3) is 0.500. The number of fused-ring (bicyclic) bond motifs is 1. The number of amides is 1. The Hall–Kier alpha value is -1.55. The lowest BCUT2D eigenvalue weighted by Crippen LogP contribution is -2.40. The minimum atomic E-state index is -1.00. The minimum absolute atomic E-state index is 0.224. The van der Waals surface area contributed by atoms with Crippen molar-refractivity contribution in [1.82, 2.24) is 0 Å². The Morgan fingerprint density at radius 1 is 1.22 bits per heavy atom. The molecule has 3 N–H and O–H groups in total. The maximum Gasteiger partial charge on any atom is 0.255 e. The summed E-state index contributed by atoms with van der Waals surface area (Å²) in [5.41, 5.74) is 3.93. The fourth-order valence-electron chi connectivity index (χ4n) is 2.25. The van der Waals surface area contributed by atoms with E-state index >= 15 is 0 Å². The van der Waals surface area contributed by atoms with E-state index in [1.54, 1.807) is 0 Å². The van der Waals surface area contributed by atoms with Crippen LogP contribution in [0.2, 0.25) is 0 Å². The first-order valence-electron chi connectivity index (χ1n) is 6.39. The van der Waals surface area contributed by atoms with Gasteiger partial charge in [0, 0.05) is 0 Å². The average molecular weight is 248 g/mol. The van der Waals surface area contributed by atoms with E-state index in [-0.39, 0.29) is 11.9 Å². The van der Waals surface area contributed by atoms with Gasteiger partial charge in [0.25, 0.3) is 5.91 Å². The molecule has 0 saturated carbocycles. The standard InChI is InChI=1S/C14H20N2O2/c1-4-5-10-13(17)14(18)16-12-7-9(3)8(2)6-11(12)15-10/h6-7,10,13,15,17H,4-5H2,1-3H3,(H,16,18). The maximum absolute atomic E-state index is 11.9. The second-order valence-corrected chi connectivity index (χ2v) is 4.96. The predicted octanol–water partition coefficient (Wildman–Crippen LogP) is 2.20. The number of hydrogen-bond acceptors (Lipinski definition) is 3. The Morgan fingerprint density at radius 3 is 2.44 bits per heavy atom. The normalized spacial score (nSPS) is 22.8. The van der Waals surface area contributed by atoms with Crippen molar-refractivity contribution in [1.29, 1.82) is 0 Å². The molecule has 2 unspecified atom stereocenters. The summed E-state index contributed by atoms with van der Waals surface area (Å²) in [7, 11) is 0. The molecule has 4 heteroatoms. The summed E-state index contributed by atoms with van der Waals surface area (Å²) in [5, 5.41) is 16.0. The molecule has 0 saturated heterocycles. The topological polar surface area (TPSA) is 61.4 Å². The second kappa shape index (κ2) is 4.98. The molecule has 0 aliphatic carbocycles. The molecule has 2 rings (SSSR count). The lowest BCUT2D eigenvalue weighted by molar-refractivity contribution is -0.124. The summed E-state index contributed by atoms with van der Waals surface area (Å²) in [5.74, 6) is -0.331. The summed E-state index contributed by atoms with van der Waals surface area (Å²) in [4.78, 5) is 11.9. The van der Waals surface area contributed by atoms with Crippen LogP contribution in [-0.4, -0.2) is 23.2 Å². The highest BCUT2D eigenvalue weighted by Crippen LogP contribution is 2.30. The molecular weight excluding hydrogens is 228 g/mol.